The monoisotopic (exact) mass is 347 g/mol. The van der Waals surface area contributed by atoms with E-state index in [0.717, 1.165) is 56.6 Å². The molecule has 0 saturated carbocycles. The smallest absolute Gasteiger partial charge is 0.193 e. The topological polar surface area (TPSA) is 46.1 Å². The minimum Gasteiger partial charge on any atom is -0.493 e. The lowest BCUT2D eigenvalue weighted by Crippen LogP contribution is -2.41. The van der Waals surface area contributed by atoms with Gasteiger partial charge >= 0.3 is 0 Å². The number of nitrogens with one attached hydrogen (secondary N) is 1. The van der Waals surface area contributed by atoms with Gasteiger partial charge in [-0.05, 0) is 25.3 Å². The van der Waals surface area contributed by atoms with Crippen LogP contribution < -0.4 is 10.1 Å². The summed E-state index contributed by atoms with van der Waals surface area (Å²) in [5.41, 5.74) is 1.12. The van der Waals surface area contributed by atoms with Crippen molar-refractivity contribution in [2.75, 3.05) is 40.0 Å². The molecule has 1 fully saturated rings. The molecule has 5 heteroatoms. The van der Waals surface area contributed by atoms with Crippen LogP contribution in [0.2, 0.25) is 0 Å². The van der Waals surface area contributed by atoms with Crippen molar-refractivity contribution < 1.29 is 9.47 Å². The van der Waals surface area contributed by atoms with Crippen LogP contribution in [-0.2, 0) is 11.3 Å². The molecule has 0 aliphatic carbocycles. The van der Waals surface area contributed by atoms with E-state index in [1.54, 1.807) is 0 Å². The first-order valence-corrected chi connectivity index (χ1v) is 9.38. The molecule has 1 unspecified atom stereocenters. The second kappa shape index (κ2) is 10.3. The molecule has 0 amide bonds. The number of ether oxygens (including phenoxy) is 2. The molecule has 1 N–H and O–H groups in total. The summed E-state index contributed by atoms with van der Waals surface area (Å²) in [6.45, 7) is 11.3. The second-order valence-electron chi connectivity index (χ2n) is 7.09. The number of nitrogens with zero attached hydrogens (tertiary/aromatic N) is 2. The summed E-state index contributed by atoms with van der Waals surface area (Å²) in [6.07, 6.45) is 1.13. The molecule has 1 atom stereocenters. The number of aliphatic imine (C=N–C) groups is 1. The van der Waals surface area contributed by atoms with Crippen LogP contribution in [0.15, 0.2) is 29.3 Å². The Bertz CT molecular complexity index is 539. The highest BCUT2D eigenvalue weighted by Gasteiger charge is 2.19. The van der Waals surface area contributed by atoms with E-state index in [0.29, 0.717) is 18.4 Å². The summed E-state index contributed by atoms with van der Waals surface area (Å²) in [4.78, 5) is 7.03. The molecule has 1 aliphatic heterocycles. The van der Waals surface area contributed by atoms with Crippen molar-refractivity contribution in [2.45, 2.75) is 33.7 Å². The van der Waals surface area contributed by atoms with E-state index in [1.165, 1.54) is 0 Å². The van der Waals surface area contributed by atoms with Crippen LogP contribution in [0.5, 0.6) is 5.75 Å². The molecule has 1 aromatic rings. The summed E-state index contributed by atoms with van der Waals surface area (Å²) in [7, 11) is 2.10. The Morgan fingerprint density at radius 1 is 1.40 bits per heavy atom. The molecule has 0 spiro atoms. The van der Waals surface area contributed by atoms with Crippen molar-refractivity contribution in [3.8, 4) is 5.75 Å². The standard InChI is InChI=1S/C20H33N3O2/c1-5-21-20(23(4)13-17-10-11-24-15-17)22-12-18-8-6-7-9-19(18)25-14-16(2)3/h6-9,16-17H,5,10-15H2,1-4H3,(H,21,22). The average Bonchev–Trinajstić information content (AvgIpc) is 3.10. The third kappa shape index (κ3) is 6.58. The molecule has 0 aromatic heterocycles. The number of guanidine groups is 1. The highest BCUT2D eigenvalue weighted by Crippen LogP contribution is 2.20. The number of hydrogen-bond acceptors (Lipinski definition) is 3. The molecule has 0 bridgehead atoms. The summed E-state index contributed by atoms with van der Waals surface area (Å²) >= 11 is 0. The maximum Gasteiger partial charge on any atom is 0.193 e. The zero-order chi connectivity index (χ0) is 18.1. The largest absolute Gasteiger partial charge is 0.493 e. The third-order valence-electron chi connectivity index (χ3n) is 4.20. The van der Waals surface area contributed by atoms with Gasteiger partial charge in [-0.15, -0.1) is 0 Å². The summed E-state index contributed by atoms with van der Waals surface area (Å²) < 4.78 is 11.4. The Morgan fingerprint density at radius 2 is 2.20 bits per heavy atom. The molecular formula is C20H33N3O2. The summed E-state index contributed by atoms with van der Waals surface area (Å²) in [5, 5.41) is 3.39. The van der Waals surface area contributed by atoms with E-state index in [9.17, 15) is 0 Å². The van der Waals surface area contributed by atoms with Crippen molar-refractivity contribution in [2.24, 2.45) is 16.8 Å². The van der Waals surface area contributed by atoms with Gasteiger partial charge < -0.3 is 19.7 Å². The minimum atomic E-state index is 0.508. The number of rotatable bonds is 8. The van der Waals surface area contributed by atoms with Gasteiger partial charge in [0.25, 0.3) is 0 Å². The molecule has 1 aromatic carbocycles. The van der Waals surface area contributed by atoms with Crippen LogP contribution in [0.1, 0.15) is 32.8 Å². The molecular weight excluding hydrogens is 314 g/mol. The SMILES string of the molecule is CCNC(=NCc1ccccc1OCC(C)C)N(C)CC1CCOC1. The quantitative estimate of drug-likeness (QED) is 0.580. The molecule has 25 heavy (non-hydrogen) atoms. The van der Waals surface area contributed by atoms with Crippen LogP contribution in [0, 0.1) is 11.8 Å². The highest BCUT2D eigenvalue weighted by atomic mass is 16.5. The molecule has 5 nitrogen and oxygen atoms in total. The Labute approximate surface area is 152 Å². The zero-order valence-electron chi connectivity index (χ0n) is 16.1. The van der Waals surface area contributed by atoms with Crippen molar-refractivity contribution >= 4 is 5.96 Å². The third-order valence-corrected chi connectivity index (χ3v) is 4.20. The van der Waals surface area contributed by atoms with Crippen molar-refractivity contribution in [3.05, 3.63) is 29.8 Å². The molecule has 2 rings (SSSR count). The fourth-order valence-corrected chi connectivity index (χ4v) is 2.86. The first kappa shape index (κ1) is 19.6. The Balaban J connectivity index is 2.02. The van der Waals surface area contributed by atoms with E-state index < -0.39 is 0 Å². The number of benzene rings is 1. The van der Waals surface area contributed by atoms with Gasteiger partial charge in [-0.3, -0.25) is 0 Å². The molecule has 1 saturated heterocycles. The lowest BCUT2D eigenvalue weighted by molar-refractivity contribution is 0.181. The number of hydrogen-bond donors (Lipinski definition) is 1. The molecule has 0 radical (unpaired) electrons. The van der Waals surface area contributed by atoms with E-state index in [-0.39, 0.29) is 0 Å². The van der Waals surface area contributed by atoms with Gasteiger partial charge in [0, 0.05) is 38.2 Å². The van der Waals surface area contributed by atoms with Gasteiger partial charge in [-0.1, -0.05) is 32.0 Å². The molecule has 1 aliphatic rings. The van der Waals surface area contributed by atoms with Crippen LogP contribution in [0.4, 0.5) is 0 Å². The van der Waals surface area contributed by atoms with E-state index in [1.807, 2.05) is 18.2 Å². The van der Waals surface area contributed by atoms with Crippen LogP contribution in [-0.4, -0.2) is 50.8 Å². The van der Waals surface area contributed by atoms with Gasteiger partial charge in [0.05, 0.1) is 19.8 Å². The molecule has 140 valence electrons. The second-order valence-corrected chi connectivity index (χ2v) is 7.09. The fourth-order valence-electron chi connectivity index (χ4n) is 2.86. The normalized spacial score (nSPS) is 17.8. The van der Waals surface area contributed by atoms with Crippen molar-refractivity contribution in [1.29, 1.82) is 0 Å². The van der Waals surface area contributed by atoms with Crippen LogP contribution >= 0.6 is 0 Å². The van der Waals surface area contributed by atoms with E-state index in [2.05, 4.69) is 44.1 Å². The Hall–Kier alpha value is -1.75. The zero-order valence-corrected chi connectivity index (χ0v) is 16.1. The van der Waals surface area contributed by atoms with Gasteiger partial charge in [-0.25, -0.2) is 4.99 Å². The van der Waals surface area contributed by atoms with E-state index in [4.69, 9.17) is 14.5 Å². The number of para-hydroxylation sites is 1. The molecule has 1 heterocycles. The van der Waals surface area contributed by atoms with Crippen LogP contribution in [0.25, 0.3) is 0 Å². The predicted octanol–water partition coefficient (Wildman–Crippen LogP) is 3.16. The first-order valence-electron chi connectivity index (χ1n) is 9.38. The fraction of sp³-hybridized carbons (Fsp3) is 0.650. The highest BCUT2D eigenvalue weighted by molar-refractivity contribution is 5.79. The van der Waals surface area contributed by atoms with Gasteiger partial charge in [0.1, 0.15) is 5.75 Å². The predicted molar refractivity (Wildman–Crippen MR) is 103 cm³/mol. The van der Waals surface area contributed by atoms with Gasteiger partial charge in [-0.2, -0.15) is 0 Å². The lowest BCUT2D eigenvalue weighted by atomic mass is 10.1. The maximum atomic E-state index is 5.94. The minimum absolute atomic E-state index is 0.508. The Kier molecular flexibility index (Phi) is 8.06. The summed E-state index contributed by atoms with van der Waals surface area (Å²) in [5.74, 6) is 2.97. The van der Waals surface area contributed by atoms with Crippen molar-refractivity contribution in [3.63, 3.8) is 0 Å². The Morgan fingerprint density at radius 3 is 2.88 bits per heavy atom. The average molecular weight is 348 g/mol. The summed E-state index contributed by atoms with van der Waals surface area (Å²) in [6, 6.07) is 8.17. The van der Waals surface area contributed by atoms with Gasteiger partial charge in [0.15, 0.2) is 5.96 Å². The first-order chi connectivity index (χ1) is 12.1. The van der Waals surface area contributed by atoms with Gasteiger partial charge in [0.2, 0.25) is 0 Å². The maximum absolute atomic E-state index is 5.94. The lowest BCUT2D eigenvalue weighted by Gasteiger charge is -2.24. The van der Waals surface area contributed by atoms with Crippen molar-refractivity contribution in [1.82, 2.24) is 10.2 Å². The van der Waals surface area contributed by atoms with Crippen LogP contribution in [0.3, 0.4) is 0 Å². The van der Waals surface area contributed by atoms with E-state index >= 15 is 0 Å².